The Kier molecular flexibility index (Phi) is 9.91. The highest BCUT2D eigenvalue weighted by atomic mass is 35.5. The molecule has 3 aromatic rings. The van der Waals surface area contributed by atoms with Gasteiger partial charge in [-0.1, -0.05) is 48.0 Å². The molecule has 41 heavy (non-hydrogen) atoms. The lowest BCUT2D eigenvalue weighted by Gasteiger charge is -2.41. The number of nitrogens with zero attached hydrogens (tertiary/aromatic N) is 1. The summed E-state index contributed by atoms with van der Waals surface area (Å²) in [7, 11) is 0. The minimum Gasteiger partial charge on any atom is -0.494 e. The molecule has 0 aliphatic carbocycles. The van der Waals surface area contributed by atoms with Gasteiger partial charge >= 0.3 is 0 Å². The third-order valence-electron chi connectivity index (χ3n) is 7.83. The summed E-state index contributed by atoms with van der Waals surface area (Å²) in [4.78, 5) is 14.2. The lowest BCUT2D eigenvalue weighted by Crippen LogP contribution is -2.54. The predicted molar refractivity (Wildman–Crippen MR) is 159 cm³/mol. The van der Waals surface area contributed by atoms with Crippen molar-refractivity contribution in [2.75, 3.05) is 18.9 Å². The van der Waals surface area contributed by atoms with Gasteiger partial charge in [-0.2, -0.15) is 0 Å². The third-order valence-corrected chi connectivity index (χ3v) is 9.28. The Morgan fingerprint density at radius 1 is 1.02 bits per heavy atom. The highest BCUT2D eigenvalue weighted by molar-refractivity contribution is 7.99. The van der Waals surface area contributed by atoms with Crippen LogP contribution < -0.4 is 4.74 Å². The molecule has 2 saturated heterocycles. The average Bonchev–Trinajstić information content (AvgIpc) is 3.47. The van der Waals surface area contributed by atoms with Crippen molar-refractivity contribution in [1.29, 1.82) is 0 Å². The van der Waals surface area contributed by atoms with Crippen LogP contribution in [0.15, 0.2) is 71.6 Å². The zero-order valence-corrected chi connectivity index (χ0v) is 24.5. The first-order valence-corrected chi connectivity index (χ1v) is 15.4. The second kappa shape index (κ2) is 13.6. The Morgan fingerprint density at radius 2 is 1.83 bits per heavy atom. The molecule has 0 bridgehead atoms. The lowest BCUT2D eigenvalue weighted by molar-refractivity contribution is -0.218. The molecule has 6 atom stereocenters. The van der Waals surface area contributed by atoms with Gasteiger partial charge in [0.1, 0.15) is 30.2 Å². The molecule has 7 nitrogen and oxygen atoms in total. The van der Waals surface area contributed by atoms with Crippen LogP contribution >= 0.6 is 23.4 Å². The molecule has 0 saturated carbocycles. The van der Waals surface area contributed by atoms with Crippen LogP contribution in [0.1, 0.15) is 54.2 Å². The van der Waals surface area contributed by atoms with E-state index in [1.54, 1.807) is 12.1 Å². The van der Waals surface area contributed by atoms with Crippen LogP contribution in [0.2, 0.25) is 5.02 Å². The van der Waals surface area contributed by atoms with E-state index in [-0.39, 0.29) is 6.04 Å². The number of hydrogen-bond acceptors (Lipinski definition) is 7. The maximum Gasteiger partial charge on any atom is 0.210 e. The number of carbonyl (C=O) groups is 1. The highest BCUT2D eigenvalue weighted by Crippen LogP contribution is 2.37. The monoisotopic (exact) mass is 597 g/mol. The second-order valence-electron chi connectivity index (χ2n) is 10.6. The van der Waals surface area contributed by atoms with Gasteiger partial charge < -0.3 is 29.7 Å². The molecule has 5 rings (SSSR count). The van der Waals surface area contributed by atoms with Gasteiger partial charge in [-0.15, -0.1) is 11.8 Å². The largest absolute Gasteiger partial charge is 0.494 e. The number of aliphatic hydroxyl groups excluding tert-OH is 3. The fourth-order valence-electron chi connectivity index (χ4n) is 5.62. The summed E-state index contributed by atoms with van der Waals surface area (Å²) < 4.78 is 11.8. The molecular formula is C32H36ClNO6S. The first kappa shape index (κ1) is 29.9. The molecule has 0 spiro atoms. The predicted octanol–water partition coefficient (Wildman–Crippen LogP) is 4.94. The summed E-state index contributed by atoms with van der Waals surface area (Å²) in [5.74, 6) is 1.18. The van der Waals surface area contributed by atoms with Crippen LogP contribution in [0.25, 0.3) is 0 Å². The molecule has 2 heterocycles. The molecule has 0 aromatic heterocycles. The third kappa shape index (κ3) is 6.91. The normalized spacial score (nSPS) is 26.2. The Balaban J connectivity index is 1.29. The van der Waals surface area contributed by atoms with Gasteiger partial charge in [-0.3, -0.25) is 4.79 Å². The quantitative estimate of drug-likeness (QED) is 0.225. The second-order valence-corrected chi connectivity index (χ2v) is 12.1. The fourth-order valence-corrected chi connectivity index (χ4v) is 6.84. The van der Waals surface area contributed by atoms with Crippen LogP contribution in [0.3, 0.4) is 0 Å². The molecule has 2 fully saturated rings. The van der Waals surface area contributed by atoms with Gasteiger partial charge in [-0.25, -0.2) is 0 Å². The van der Waals surface area contributed by atoms with Crippen molar-refractivity contribution in [3.05, 3.63) is 94.0 Å². The number of amides is 1. The molecule has 2 aliphatic heterocycles. The maximum absolute atomic E-state index is 11.4. The Labute approximate surface area is 250 Å². The van der Waals surface area contributed by atoms with Crippen molar-refractivity contribution in [2.45, 2.75) is 67.6 Å². The van der Waals surface area contributed by atoms with Crippen molar-refractivity contribution >= 4 is 29.8 Å². The summed E-state index contributed by atoms with van der Waals surface area (Å²) in [5.41, 5.74) is 3.68. The van der Waals surface area contributed by atoms with Crippen molar-refractivity contribution in [2.24, 2.45) is 0 Å². The SMILES string of the molecule is CCOc1ccc(Cc2cc([C@@H]3O[C@H](CSc4cccc(C5CCCN5C=O)c4)[C@@H](O)[C@H](O)[C@H]3O)ccc2Cl)cc1. The molecule has 3 aromatic carbocycles. The number of thioether (sulfide) groups is 1. The van der Waals surface area contributed by atoms with E-state index in [9.17, 15) is 20.1 Å². The lowest BCUT2D eigenvalue weighted by atomic mass is 9.90. The Bertz CT molecular complexity index is 1320. The molecule has 0 radical (unpaired) electrons. The molecule has 9 heteroatoms. The molecule has 1 unspecified atom stereocenters. The van der Waals surface area contributed by atoms with E-state index in [0.717, 1.165) is 53.1 Å². The van der Waals surface area contributed by atoms with E-state index in [4.69, 9.17) is 21.1 Å². The van der Waals surface area contributed by atoms with Crippen LogP contribution in [0, 0.1) is 0 Å². The van der Waals surface area contributed by atoms with Crippen molar-refractivity contribution in [3.63, 3.8) is 0 Å². The van der Waals surface area contributed by atoms with E-state index in [1.165, 1.54) is 11.8 Å². The number of hydrogen-bond donors (Lipinski definition) is 3. The molecule has 1 amide bonds. The van der Waals surface area contributed by atoms with Crippen molar-refractivity contribution in [1.82, 2.24) is 4.90 Å². The molecule has 2 aliphatic rings. The summed E-state index contributed by atoms with van der Waals surface area (Å²) in [6.07, 6.45) is -2.05. The van der Waals surface area contributed by atoms with E-state index < -0.39 is 30.5 Å². The topological polar surface area (TPSA) is 99.5 Å². The number of carbonyl (C=O) groups excluding carboxylic acids is 1. The summed E-state index contributed by atoms with van der Waals surface area (Å²) in [5, 5.41) is 33.0. The number of aliphatic hydroxyl groups is 3. The van der Waals surface area contributed by atoms with E-state index >= 15 is 0 Å². The number of rotatable bonds is 10. The van der Waals surface area contributed by atoms with Crippen LogP contribution in [-0.4, -0.2) is 69.9 Å². The number of halogens is 1. The van der Waals surface area contributed by atoms with Crippen LogP contribution in [0.5, 0.6) is 5.75 Å². The minimum atomic E-state index is -1.37. The highest BCUT2D eigenvalue weighted by Gasteiger charge is 2.44. The molecule has 218 valence electrons. The maximum atomic E-state index is 11.4. The van der Waals surface area contributed by atoms with Gasteiger partial charge in [-0.05, 0) is 78.8 Å². The van der Waals surface area contributed by atoms with Gasteiger partial charge in [0.25, 0.3) is 0 Å². The standard InChI is InChI=1S/C32H36ClNO6S/c1-2-39-24-11-8-20(9-12-24)15-23-16-22(10-13-26(23)33)32-31(38)30(37)29(36)28(40-32)18-41-25-6-3-5-21(17-25)27-7-4-14-34(27)19-35/h3,5-6,8-13,16-17,19,27-32,36-38H,2,4,7,14-15,18H2,1H3/t27?,28-,29-,30+,31-,32+/m1/s1. The first-order valence-electron chi connectivity index (χ1n) is 14.0. The summed E-state index contributed by atoms with van der Waals surface area (Å²) in [6, 6.07) is 21.4. The first-order chi connectivity index (χ1) is 19.9. The summed E-state index contributed by atoms with van der Waals surface area (Å²) in [6.45, 7) is 3.31. The minimum absolute atomic E-state index is 0.0765. The average molecular weight is 598 g/mol. The van der Waals surface area contributed by atoms with Crippen molar-refractivity contribution in [3.8, 4) is 5.75 Å². The summed E-state index contributed by atoms with van der Waals surface area (Å²) >= 11 is 8.04. The number of likely N-dealkylation sites (tertiary alicyclic amines) is 1. The van der Waals surface area contributed by atoms with Crippen LogP contribution in [0.4, 0.5) is 0 Å². The smallest absolute Gasteiger partial charge is 0.210 e. The zero-order valence-electron chi connectivity index (χ0n) is 22.9. The van der Waals surface area contributed by atoms with Gasteiger partial charge in [0.15, 0.2) is 0 Å². The number of benzene rings is 3. The van der Waals surface area contributed by atoms with E-state index in [0.29, 0.717) is 29.4 Å². The van der Waals surface area contributed by atoms with Gasteiger partial charge in [0.2, 0.25) is 6.41 Å². The van der Waals surface area contributed by atoms with Gasteiger partial charge in [0, 0.05) is 22.2 Å². The zero-order chi connectivity index (χ0) is 28.9. The van der Waals surface area contributed by atoms with E-state index in [2.05, 4.69) is 6.07 Å². The van der Waals surface area contributed by atoms with Crippen LogP contribution in [-0.2, 0) is 16.0 Å². The Morgan fingerprint density at radius 3 is 2.59 bits per heavy atom. The number of ether oxygens (including phenoxy) is 2. The van der Waals surface area contributed by atoms with Gasteiger partial charge in [0.05, 0.1) is 18.8 Å². The fraction of sp³-hybridized carbons (Fsp3) is 0.406. The Hall–Kier alpha value is -2.59. The van der Waals surface area contributed by atoms with E-state index in [1.807, 2.05) is 60.4 Å². The molecule has 3 N–H and O–H groups in total. The molecular weight excluding hydrogens is 562 g/mol. The van der Waals surface area contributed by atoms with Crippen molar-refractivity contribution < 1.29 is 29.6 Å².